The number of carbonyl (C=O) groups excluding carboxylic acids is 1. The molecule has 1 saturated carbocycles. The van der Waals surface area contributed by atoms with Gasteiger partial charge in [0, 0.05) is 0 Å². The number of phosphoric ester groups is 1. The minimum Gasteiger partial charge on any atom is -0.393 e. The monoisotopic (exact) mass is 976 g/mol. The van der Waals surface area contributed by atoms with E-state index in [1.54, 1.807) is 6.08 Å². The van der Waals surface area contributed by atoms with E-state index in [4.69, 9.17) is 9.05 Å². The fourth-order valence-electron chi connectivity index (χ4n) is 8.83. The second-order valence-electron chi connectivity index (χ2n) is 19.6. The van der Waals surface area contributed by atoms with E-state index in [9.17, 15) is 50.0 Å². The molecule has 8 atom stereocenters. The minimum absolute atomic E-state index is 0.248. The van der Waals surface area contributed by atoms with Crippen molar-refractivity contribution in [2.24, 2.45) is 0 Å². The van der Waals surface area contributed by atoms with E-state index in [1.807, 2.05) is 0 Å². The fraction of sp³-hybridized carbons (Fsp3) is 0.906. The van der Waals surface area contributed by atoms with Crippen LogP contribution in [0.15, 0.2) is 24.3 Å². The van der Waals surface area contributed by atoms with E-state index < -0.39 is 75.2 Å². The molecule has 13 nitrogen and oxygen atoms in total. The molecule has 8 unspecified atom stereocenters. The van der Waals surface area contributed by atoms with Gasteiger partial charge in [0.05, 0.1) is 31.3 Å². The van der Waals surface area contributed by atoms with Gasteiger partial charge >= 0.3 is 7.82 Å². The van der Waals surface area contributed by atoms with Crippen molar-refractivity contribution in [1.29, 1.82) is 0 Å². The maximum absolute atomic E-state index is 13.1. The first kappa shape index (κ1) is 63.8. The van der Waals surface area contributed by atoms with Gasteiger partial charge in [0.25, 0.3) is 0 Å². The van der Waals surface area contributed by atoms with E-state index >= 15 is 0 Å². The number of nitrogens with one attached hydrogen (secondary N) is 1. The van der Waals surface area contributed by atoms with Crippen molar-refractivity contribution in [1.82, 2.24) is 5.32 Å². The van der Waals surface area contributed by atoms with Gasteiger partial charge in [0.2, 0.25) is 5.91 Å². The van der Waals surface area contributed by atoms with E-state index in [1.165, 1.54) is 154 Å². The molecule has 1 amide bonds. The predicted molar refractivity (Wildman–Crippen MR) is 270 cm³/mol. The van der Waals surface area contributed by atoms with Crippen LogP contribution in [0.2, 0.25) is 0 Å². The third-order valence-corrected chi connectivity index (χ3v) is 14.3. The number of amides is 1. The molecule has 1 aliphatic rings. The molecule has 0 spiro atoms. The number of allylic oxidation sites excluding steroid dienone is 3. The van der Waals surface area contributed by atoms with E-state index in [2.05, 4.69) is 31.3 Å². The van der Waals surface area contributed by atoms with Crippen LogP contribution < -0.4 is 5.32 Å². The Morgan fingerprint density at radius 3 is 1.27 bits per heavy atom. The van der Waals surface area contributed by atoms with Gasteiger partial charge in [0.15, 0.2) is 0 Å². The summed E-state index contributed by atoms with van der Waals surface area (Å²) in [5.74, 6) is -0.594. The Hall–Kier alpha value is -1.22. The van der Waals surface area contributed by atoms with Crippen LogP contribution in [0.3, 0.4) is 0 Å². The van der Waals surface area contributed by atoms with Crippen LogP contribution in [0.1, 0.15) is 245 Å². The quantitative estimate of drug-likeness (QED) is 0.0158. The van der Waals surface area contributed by atoms with Crippen molar-refractivity contribution in [2.45, 2.75) is 300 Å². The van der Waals surface area contributed by atoms with Crippen LogP contribution in [0.25, 0.3) is 0 Å². The Labute approximate surface area is 407 Å². The van der Waals surface area contributed by atoms with Gasteiger partial charge in [-0.25, -0.2) is 4.57 Å². The van der Waals surface area contributed by atoms with Gasteiger partial charge in [-0.3, -0.25) is 13.8 Å². The molecule has 0 saturated heterocycles. The highest BCUT2D eigenvalue weighted by Crippen LogP contribution is 2.47. The summed E-state index contributed by atoms with van der Waals surface area (Å²) >= 11 is 0. The first-order valence-corrected chi connectivity index (χ1v) is 28.9. The van der Waals surface area contributed by atoms with Crippen LogP contribution in [0.4, 0.5) is 0 Å². The van der Waals surface area contributed by atoms with Crippen molar-refractivity contribution >= 4 is 13.7 Å². The van der Waals surface area contributed by atoms with Crippen LogP contribution in [0, 0.1) is 0 Å². The van der Waals surface area contributed by atoms with E-state index in [0.29, 0.717) is 12.8 Å². The lowest BCUT2D eigenvalue weighted by Crippen LogP contribution is -2.64. The molecule has 1 fully saturated rings. The van der Waals surface area contributed by atoms with Gasteiger partial charge < -0.3 is 46.0 Å². The largest absolute Gasteiger partial charge is 0.472 e. The highest BCUT2D eigenvalue weighted by Gasteiger charge is 2.51. The number of aliphatic hydroxyl groups excluding tert-OH is 7. The minimum atomic E-state index is -5.15. The zero-order valence-corrected chi connectivity index (χ0v) is 43.2. The highest BCUT2D eigenvalue weighted by molar-refractivity contribution is 7.47. The molecule has 0 aromatic heterocycles. The van der Waals surface area contributed by atoms with Crippen molar-refractivity contribution in [3.8, 4) is 0 Å². The fourth-order valence-corrected chi connectivity index (χ4v) is 9.79. The Morgan fingerprint density at radius 2 is 0.866 bits per heavy atom. The van der Waals surface area contributed by atoms with Crippen molar-refractivity contribution in [3.05, 3.63) is 24.3 Å². The molecule has 396 valence electrons. The number of unbranched alkanes of at least 4 members (excludes halogenated alkanes) is 31. The Bertz CT molecular complexity index is 1240. The van der Waals surface area contributed by atoms with Crippen LogP contribution in [-0.4, -0.2) is 108 Å². The lowest BCUT2D eigenvalue weighted by atomic mass is 9.85. The number of carbonyl (C=O) groups is 1. The molecule has 0 aliphatic heterocycles. The molecule has 14 heteroatoms. The number of rotatable bonds is 46. The van der Waals surface area contributed by atoms with Crippen LogP contribution in [0.5, 0.6) is 0 Å². The summed E-state index contributed by atoms with van der Waals surface area (Å²) in [7, 11) is -5.15. The van der Waals surface area contributed by atoms with Crippen molar-refractivity contribution in [2.75, 3.05) is 6.61 Å². The molecular weight excluding hydrogens is 874 g/mol. The molecule has 0 radical (unpaired) electrons. The summed E-state index contributed by atoms with van der Waals surface area (Å²) in [6.45, 7) is 3.78. The lowest BCUT2D eigenvalue weighted by Gasteiger charge is -2.41. The molecule has 0 heterocycles. The Morgan fingerprint density at radius 1 is 0.522 bits per heavy atom. The van der Waals surface area contributed by atoms with Gasteiger partial charge in [-0.2, -0.15) is 0 Å². The topological polar surface area (TPSA) is 226 Å². The summed E-state index contributed by atoms with van der Waals surface area (Å²) in [6, 6.07) is -1.24. The molecule has 9 N–H and O–H groups in total. The van der Waals surface area contributed by atoms with Gasteiger partial charge in [-0.1, -0.05) is 218 Å². The van der Waals surface area contributed by atoms with Crippen molar-refractivity contribution < 1.29 is 59.0 Å². The molecule has 67 heavy (non-hydrogen) atoms. The molecular formula is C53H102NO12P. The second kappa shape index (κ2) is 42.5. The van der Waals surface area contributed by atoms with E-state index in [-0.39, 0.29) is 6.42 Å². The zero-order chi connectivity index (χ0) is 49.4. The number of hydrogen-bond acceptors (Lipinski definition) is 11. The number of phosphoric acid groups is 1. The maximum atomic E-state index is 13.1. The molecule has 0 bridgehead atoms. The SMILES string of the molecule is CCCCCCCCCCCC/C=C\CCCCCCCC(O)CC(=O)NC(COP(=O)(O)OC1C(O)C(O)C(O)C(O)C1O)C(O)/C=C/CCCCCCCCCCCCCCCCCC. The van der Waals surface area contributed by atoms with Gasteiger partial charge in [-0.15, -0.1) is 0 Å². The standard InChI is InChI=1S/C53H102NO12P/c1-3-5-7-9-11-13-15-17-19-21-23-24-26-28-30-32-34-36-38-40-44(55)42-47(57)54-45(43-65-67(63,64)66-53-51(61)49(59)48(58)50(60)52(53)62)46(56)41-39-37-35-33-31-29-27-25-22-20-18-16-14-12-10-8-6-4-2/h24,26,39,41,44-46,48-53,55-56,58-62H,3-23,25,27-38,40,42-43H2,1-2H3,(H,54,57)(H,63,64)/b26-24-,41-39+. The Balaban J connectivity index is 2.46. The lowest BCUT2D eigenvalue weighted by molar-refractivity contribution is -0.220. The third kappa shape index (κ3) is 33.9. The molecule has 0 aromatic rings. The van der Waals surface area contributed by atoms with E-state index in [0.717, 1.165) is 64.2 Å². The summed E-state index contributed by atoms with van der Waals surface area (Å²) < 4.78 is 23.0. The Kier molecular flexibility index (Phi) is 40.4. The van der Waals surface area contributed by atoms with Crippen molar-refractivity contribution in [3.63, 3.8) is 0 Å². The van der Waals surface area contributed by atoms with Gasteiger partial charge in [-0.05, 0) is 44.9 Å². The third-order valence-electron chi connectivity index (χ3n) is 13.3. The summed E-state index contributed by atoms with van der Waals surface area (Å²) in [5.41, 5.74) is 0. The maximum Gasteiger partial charge on any atom is 0.472 e. The summed E-state index contributed by atoms with van der Waals surface area (Å²) in [6.07, 6.45) is 35.4. The van der Waals surface area contributed by atoms with Crippen LogP contribution >= 0.6 is 7.82 Å². The molecule has 1 rings (SSSR count). The molecule has 0 aromatic carbocycles. The average Bonchev–Trinajstić information content (AvgIpc) is 3.30. The van der Waals surface area contributed by atoms with Crippen LogP contribution in [-0.2, 0) is 18.4 Å². The first-order chi connectivity index (χ1) is 32.3. The smallest absolute Gasteiger partial charge is 0.393 e. The molecule has 1 aliphatic carbocycles. The first-order valence-electron chi connectivity index (χ1n) is 27.4. The summed E-state index contributed by atoms with van der Waals surface area (Å²) in [5, 5.41) is 74.8. The summed E-state index contributed by atoms with van der Waals surface area (Å²) in [4.78, 5) is 23.5. The second-order valence-corrected chi connectivity index (χ2v) is 21.0. The average molecular weight is 976 g/mol. The number of hydrogen-bond donors (Lipinski definition) is 9. The predicted octanol–water partition coefficient (Wildman–Crippen LogP) is 10.7. The van der Waals surface area contributed by atoms with Gasteiger partial charge in [0.1, 0.15) is 36.6 Å². The zero-order valence-electron chi connectivity index (χ0n) is 42.3. The highest BCUT2D eigenvalue weighted by atomic mass is 31.2. The normalized spacial score (nSPS) is 22.4. The number of aliphatic hydroxyl groups is 7.